The summed E-state index contributed by atoms with van der Waals surface area (Å²) in [5.74, 6) is 0. The molecule has 0 N–H and O–H groups in total. The third kappa shape index (κ3) is 2.27. The molecule has 0 amide bonds. The molecule has 0 spiro atoms. The summed E-state index contributed by atoms with van der Waals surface area (Å²) in [6.07, 6.45) is 2.45. The van der Waals surface area contributed by atoms with E-state index in [4.69, 9.17) is 0 Å². The Bertz CT molecular complexity index is 270. The van der Waals surface area contributed by atoms with Gasteiger partial charge in [-0.1, -0.05) is 0 Å². The van der Waals surface area contributed by atoms with Gasteiger partial charge < -0.3 is 9.78 Å². The first-order valence-corrected chi connectivity index (χ1v) is 2.50. The molecule has 1 heterocycles. The molecular weight excluding hydrogens is 207 g/mol. The minimum Gasteiger partial charge on any atom is -0.399 e. The van der Waals surface area contributed by atoms with Crippen LogP contribution >= 0.6 is 0 Å². The van der Waals surface area contributed by atoms with Crippen molar-refractivity contribution < 1.29 is 32.7 Å². The van der Waals surface area contributed by atoms with Crippen molar-refractivity contribution in [1.29, 1.82) is 0 Å². The second-order valence-corrected chi connectivity index (χ2v) is 1.72. The Morgan fingerprint density at radius 3 is 2.60 bits per heavy atom. The molecule has 1 aromatic heterocycles. The average molecular weight is 213 g/mol. The first-order valence-electron chi connectivity index (χ1n) is 2.50. The summed E-state index contributed by atoms with van der Waals surface area (Å²) in [6.45, 7) is 1.73. The first kappa shape index (κ1) is 9.91. The molecule has 5 heteroatoms. The zero-order valence-electron chi connectivity index (χ0n) is 5.83. The molecule has 4 nitrogen and oxygen atoms in total. The Kier molecular flexibility index (Phi) is 3.90. The molecule has 10 heavy (non-hydrogen) atoms. The molecule has 1 rings (SSSR count). The summed E-state index contributed by atoms with van der Waals surface area (Å²) in [7, 11) is 1.55. The smallest absolute Gasteiger partial charge is 0.200 e. The molecular formula is C5H6N3OY-. The van der Waals surface area contributed by atoms with Crippen LogP contribution in [0.4, 0.5) is 0 Å². The van der Waals surface area contributed by atoms with Gasteiger partial charge in [-0.05, 0) is 12.6 Å². The van der Waals surface area contributed by atoms with Crippen LogP contribution in [-0.2, 0) is 39.8 Å². The molecule has 0 aliphatic rings. The molecule has 0 atom stereocenters. The number of nitrogens with zero attached hydrogens (tertiary/aromatic N) is 3. The van der Waals surface area contributed by atoms with E-state index >= 15 is 0 Å². The maximum absolute atomic E-state index is 10.5. The molecule has 0 aliphatic heterocycles. The fourth-order valence-electron chi connectivity index (χ4n) is 0.491. The van der Waals surface area contributed by atoms with Crippen LogP contribution in [0.15, 0.2) is 4.79 Å². The molecule has 0 aromatic carbocycles. The normalized spacial score (nSPS) is 8.60. The molecule has 0 fully saturated rings. The summed E-state index contributed by atoms with van der Waals surface area (Å²) < 4.78 is 1.17. The van der Waals surface area contributed by atoms with Crippen molar-refractivity contribution in [3.8, 4) is 0 Å². The number of hydrogen-bond donors (Lipinski definition) is 0. The van der Waals surface area contributed by atoms with Crippen molar-refractivity contribution in [3.05, 3.63) is 22.4 Å². The van der Waals surface area contributed by atoms with Gasteiger partial charge in [-0.2, -0.15) is 0 Å². The maximum Gasteiger partial charge on any atom is 0.200 e. The van der Waals surface area contributed by atoms with E-state index in [1.807, 2.05) is 0 Å². The van der Waals surface area contributed by atoms with Crippen LogP contribution in [-0.4, -0.2) is 14.8 Å². The Balaban J connectivity index is 0.000000810. The minimum atomic E-state index is -0.374. The average Bonchev–Trinajstić information content (AvgIpc) is 1.80. The second-order valence-electron chi connectivity index (χ2n) is 1.72. The zero-order chi connectivity index (χ0) is 6.85. The number of aryl methyl sites for hydroxylation is 2. The van der Waals surface area contributed by atoms with Crippen LogP contribution in [0.25, 0.3) is 0 Å². The fraction of sp³-hybridized carbons (Fsp3) is 0.400. The summed E-state index contributed by atoms with van der Waals surface area (Å²) in [5, 5.41) is 3.76. The summed E-state index contributed by atoms with van der Waals surface area (Å²) in [5.41, 5.74) is 0.248. The number of rotatable bonds is 0. The Labute approximate surface area is 83.5 Å². The molecule has 51 valence electrons. The van der Waals surface area contributed by atoms with Crippen LogP contribution in [0.3, 0.4) is 0 Å². The van der Waals surface area contributed by atoms with Crippen LogP contribution in [0, 0.1) is 13.1 Å². The van der Waals surface area contributed by atoms with E-state index in [9.17, 15) is 4.79 Å². The van der Waals surface area contributed by atoms with Crippen LogP contribution in [0.5, 0.6) is 0 Å². The standard InChI is InChI=1S/C5H6N3O.Y/c1-4-3-6-5(9)8(2)7-4;/h1-2H3;/q-1;. The van der Waals surface area contributed by atoms with Gasteiger partial charge in [-0.15, -0.1) is 6.20 Å². The predicted octanol–water partition coefficient (Wildman–Crippen LogP) is -0.719. The van der Waals surface area contributed by atoms with Crippen molar-refractivity contribution in [2.24, 2.45) is 7.05 Å². The van der Waals surface area contributed by atoms with Crippen molar-refractivity contribution in [3.63, 3.8) is 0 Å². The third-order valence-corrected chi connectivity index (χ3v) is 0.890. The zero-order valence-corrected chi connectivity index (χ0v) is 8.67. The van der Waals surface area contributed by atoms with Crippen LogP contribution in [0.1, 0.15) is 5.69 Å². The van der Waals surface area contributed by atoms with E-state index in [1.165, 1.54) is 4.68 Å². The molecule has 0 saturated carbocycles. The van der Waals surface area contributed by atoms with E-state index in [0.717, 1.165) is 0 Å². The monoisotopic (exact) mass is 213 g/mol. The van der Waals surface area contributed by atoms with Gasteiger partial charge in [0.2, 0.25) is 5.69 Å². The predicted molar refractivity (Wildman–Crippen MR) is 30.8 cm³/mol. The van der Waals surface area contributed by atoms with Crippen molar-refractivity contribution in [2.45, 2.75) is 6.92 Å². The second kappa shape index (κ2) is 3.93. The van der Waals surface area contributed by atoms with Gasteiger partial charge in [0.15, 0.2) is 0 Å². The third-order valence-electron chi connectivity index (χ3n) is 0.890. The van der Waals surface area contributed by atoms with Gasteiger partial charge in [-0.25, -0.2) is 5.10 Å². The van der Waals surface area contributed by atoms with Gasteiger partial charge in [-0.3, -0.25) is 4.68 Å². The summed E-state index contributed by atoms with van der Waals surface area (Å²) >= 11 is 0. The van der Waals surface area contributed by atoms with E-state index < -0.39 is 0 Å². The molecule has 0 unspecified atom stereocenters. The quantitative estimate of drug-likeness (QED) is 0.534. The maximum atomic E-state index is 10.5. The van der Waals surface area contributed by atoms with Crippen LogP contribution < -0.4 is 5.69 Å². The van der Waals surface area contributed by atoms with Gasteiger partial charge in [0, 0.05) is 39.8 Å². The Hall–Kier alpha value is -0.0861. The minimum absolute atomic E-state index is 0. The van der Waals surface area contributed by atoms with Gasteiger partial charge >= 0.3 is 0 Å². The number of hydrogen-bond acceptors (Lipinski definition) is 3. The molecule has 0 bridgehead atoms. The summed E-state index contributed by atoms with van der Waals surface area (Å²) in [6, 6.07) is 0. The SMILES string of the molecule is Cc1[c-]nc(=O)n(C)n1.[Y]. The van der Waals surface area contributed by atoms with Crippen molar-refractivity contribution >= 4 is 0 Å². The van der Waals surface area contributed by atoms with E-state index in [1.54, 1.807) is 14.0 Å². The van der Waals surface area contributed by atoms with Crippen molar-refractivity contribution in [1.82, 2.24) is 14.8 Å². The topological polar surface area (TPSA) is 47.8 Å². The molecule has 0 saturated heterocycles. The van der Waals surface area contributed by atoms with Crippen LogP contribution in [0.2, 0.25) is 0 Å². The van der Waals surface area contributed by atoms with Gasteiger partial charge in [0.05, 0.1) is 0 Å². The summed E-state index contributed by atoms with van der Waals surface area (Å²) in [4.78, 5) is 13.9. The van der Waals surface area contributed by atoms with Gasteiger partial charge in [0.1, 0.15) is 0 Å². The van der Waals surface area contributed by atoms with E-state index in [2.05, 4.69) is 16.3 Å². The molecule has 0 aliphatic carbocycles. The molecule has 1 aromatic rings. The Morgan fingerprint density at radius 1 is 1.60 bits per heavy atom. The van der Waals surface area contributed by atoms with E-state index in [-0.39, 0.29) is 38.4 Å². The molecule has 1 radical (unpaired) electrons. The van der Waals surface area contributed by atoms with E-state index in [0.29, 0.717) is 5.69 Å². The van der Waals surface area contributed by atoms with Gasteiger partial charge in [0.25, 0.3) is 0 Å². The Morgan fingerprint density at radius 2 is 2.20 bits per heavy atom. The first-order chi connectivity index (χ1) is 4.20. The van der Waals surface area contributed by atoms with Crippen molar-refractivity contribution in [2.75, 3.05) is 0 Å². The fourth-order valence-corrected chi connectivity index (χ4v) is 0.491. The number of aromatic nitrogens is 3. The largest absolute Gasteiger partial charge is 0.399 e.